The summed E-state index contributed by atoms with van der Waals surface area (Å²) in [6.45, 7) is 2.47. The topological polar surface area (TPSA) is 132 Å². The number of phenols is 1. The van der Waals surface area contributed by atoms with Crippen molar-refractivity contribution in [2.75, 3.05) is 19.0 Å². The van der Waals surface area contributed by atoms with Crippen molar-refractivity contribution < 1.29 is 34.5 Å². The Morgan fingerprint density at radius 3 is 2.25 bits per heavy atom. The molecule has 0 radical (unpaired) electrons. The van der Waals surface area contributed by atoms with Gasteiger partial charge in [0.05, 0.1) is 22.6 Å². The predicted octanol–water partition coefficient (Wildman–Crippen LogP) is 2.68. The maximum absolute atomic E-state index is 13.5. The maximum atomic E-state index is 13.5. The van der Waals surface area contributed by atoms with Gasteiger partial charge in [-0.05, 0) is 50.2 Å². The number of Topliss-reactive ketones (excluding diaryl/α,β-unsaturated/α-hetero) is 4. The van der Waals surface area contributed by atoms with Crippen LogP contribution in [0.5, 0.6) is 5.75 Å². The van der Waals surface area contributed by atoms with Crippen LogP contribution in [0.1, 0.15) is 48.2 Å². The van der Waals surface area contributed by atoms with E-state index in [1.165, 1.54) is 6.92 Å². The molecule has 0 aromatic heterocycles. The molecule has 168 valence electrons. The van der Waals surface area contributed by atoms with E-state index in [1.54, 1.807) is 25.1 Å². The summed E-state index contributed by atoms with van der Waals surface area (Å²) < 4.78 is 0. The van der Waals surface area contributed by atoms with Crippen molar-refractivity contribution in [2.45, 2.75) is 33.1 Å². The predicted molar refractivity (Wildman–Crippen MR) is 116 cm³/mol. The lowest BCUT2D eigenvalue weighted by molar-refractivity contribution is -0.127. The molecule has 1 aromatic carbocycles. The lowest BCUT2D eigenvalue weighted by Gasteiger charge is -2.41. The lowest BCUT2D eigenvalue weighted by atomic mass is 9.61. The second-order valence-electron chi connectivity index (χ2n) is 9.04. The summed E-state index contributed by atoms with van der Waals surface area (Å²) in [4.78, 5) is 51.6. The van der Waals surface area contributed by atoms with Gasteiger partial charge in [0.1, 0.15) is 17.3 Å². The highest BCUT2D eigenvalue weighted by Gasteiger charge is 2.51. The number of ketones is 4. The number of phenolic OH excluding ortho intramolecular Hbond substituents is 1. The van der Waals surface area contributed by atoms with E-state index in [9.17, 15) is 34.5 Å². The summed E-state index contributed by atoms with van der Waals surface area (Å²) in [5, 5.41) is 32.6. The molecule has 3 unspecified atom stereocenters. The van der Waals surface area contributed by atoms with Crippen LogP contribution >= 0.6 is 0 Å². The first kappa shape index (κ1) is 21.8. The molecule has 3 aliphatic carbocycles. The Kier molecular flexibility index (Phi) is 4.99. The van der Waals surface area contributed by atoms with Crippen LogP contribution in [-0.4, -0.2) is 52.5 Å². The van der Waals surface area contributed by atoms with E-state index in [1.807, 2.05) is 0 Å². The lowest BCUT2D eigenvalue weighted by Crippen LogP contribution is -2.43. The van der Waals surface area contributed by atoms with E-state index in [2.05, 4.69) is 0 Å². The van der Waals surface area contributed by atoms with E-state index >= 15 is 0 Å². The van der Waals surface area contributed by atoms with E-state index in [0.717, 1.165) is 6.92 Å². The van der Waals surface area contributed by atoms with Crippen LogP contribution in [-0.2, 0) is 20.8 Å². The number of rotatable bonds is 3. The third kappa shape index (κ3) is 2.97. The Labute approximate surface area is 184 Å². The number of hydrogen-bond donors (Lipinski definition) is 3. The highest BCUT2D eigenvalue weighted by atomic mass is 16.3. The fourth-order valence-electron chi connectivity index (χ4n) is 5.47. The molecule has 0 amide bonds. The van der Waals surface area contributed by atoms with Crippen molar-refractivity contribution in [1.82, 2.24) is 0 Å². The Balaban J connectivity index is 1.94. The number of fused-ring (bicyclic) bond motifs is 3. The molecule has 1 saturated carbocycles. The number of carbonyl (C=O) groups is 4. The number of allylic oxidation sites excluding steroid dienone is 3. The summed E-state index contributed by atoms with van der Waals surface area (Å²) in [5.41, 5.74) is 1.03. The first-order chi connectivity index (χ1) is 15.0. The number of aliphatic hydroxyl groups is 2. The number of hydrogen-bond acceptors (Lipinski definition) is 8. The van der Waals surface area contributed by atoms with Crippen molar-refractivity contribution in [3.05, 3.63) is 39.7 Å². The van der Waals surface area contributed by atoms with Gasteiger partial charge in [-0.3, -0.25) is 19.2 Å². The van der Waals surface area contributed by atoms with Gasteiger partial charge in [-0.25, -0.2) is 0 Å². The van der Waals surface area contributed by atoms with E-state index in [-0.39, 0.29) is 40.2 Å². The zero-order valence-corrected chi connectivity index (χ0v) is 18.4. The fourth-order valence-corrected chi connectivity index (χ4v) is 5.47. The summed E-state index contributed by atoms with van der Waals surface area (Å²) in [5.74, 6) is -5.36. The number of nitrogens with zero attached hydrogens (tertiary/aromatic N) is 1. The van der Waals surface area contributed by atoms with Crippen LogP contribution < -0.4 is 4.90 Å². The quantitative estimate of drug-likeness (QED) is 0.484. The van der Waals surface area contributed by atoms with Crippen molar-refractivity contribution in [1.29, 1.82) is 0 Å². The van der Waals surface area contributed by atoms with Gasteiger partial charge in [-0.15, -0.1) is 0 Å². The van der Waals surface area contributed by atoms with Gasteiger partial charge in [0, 0.05) is 31.8 Å². The second-order valence-corrected chi connectivity index (χ2v) is 9.04. The van der Waals surface area contributed by atoms with E-state index < -0.39 is 46.6 Å². The molecule has 32 heavy (non-hydrogen) atoms. The van der Waals surface area contributed by atoms with Gasteiger partial charge >= 0.3 is 0 Å². The molecular weight excluding hydrogens is 414 g/mol. The average molecular weight is 439 g/mol. The van der Waals surface area contributed by atoms with Crippen molar-refractivity contribution in [3.8, 4) is 5.75 Å². The molecule has 8 heteroatoms. The standard InChI is InChI=1S/C24H25NO7/c1-9(26)13-8-15(25(3)4)14-6-11-5-12-7-16(28)17(10(2)27)22(30)19(12)23(31)18(11)24(32)20(14)21(13)29/h8,11-12,19,29-30,32H,5-7H2,1-4H3. The molecule has 3 atom stereocenters. The van der Waals surface area contributed by atoms with Crippen LogP contribution in [0.15, 0.2) is 23.0 Å². The van der Waals surface area contributed by atoms with Crippen LogP contribution in [0.4, 0.5) is 5.69 Å². The second kappa shape index (κ2) is 7.32. The minimum Gasteiger partial charge on any atom is -0.511 e. The number of aromatic hydroxyl groups is 1. The average Bonchev–Trinajstić information content (AvgIpc) is 2.66. The molecule has 1 fully saturated rings. The van der Waals surface area contributed by atoms with E-state index in [4.69, 9.17) is 0 Å². The van der Waals surface area contributed by atoms with E-state index in [0.29, 0.717) is 24.1 Å². The molecule has 0 bridgehead atoms. The van der Waals surface area contributed by atoms with Gasteiger partial charge in [0.15, 0.2) is 23.1 Å². The molecule has 3 N–H and O–H groups in total. The summed E-state index contributed by atoms with van der Waals surface area (Å²) >= 11 is 0. The number of aliphatic hydroxyl groups excluding tert-OH is 2. The van der Waals surface area contributed by atoms with Crippen LogP contribution in [0.25, 0.3) is 5.76 Å². The third-order valence-corrected chi connectivity index (χ3v) is 6.83. The molecular formula is C24H25NO7. The van der Waals surface area contributed by atoms with Crippen molar-refractivity contribution in [3.63, 3.8) is 0 Å². The minimum absolute atomic E-state index is 0.0260. The Morgan fingerprint density at radius 1 is 1.03 bits per heavy atom. The fraction of sp³-hybridized carbons (Fsp3) is 0.417. The monoisotopic (exact) mass is 439 g/mol. The highest BCUT2D eigenvalue weighted by Crippen LogP contribution is 2.52. The zero-order valence-electron chi connectivity index (χ0n) is 18.4. The third-order valence-electron chi connectivity index (χ3n) is 6.83. The Bertz CT molecular complexity index is 1170. The molecule has 8 nitrogen and oxygen atoms in total. The normalized spacial score (nSPS) is 24.7. The van der Waals surface area contributed by atoms with Crippen LogP contribution in [0, 0.1) is 17.8 Å². The number of anilines is 1. The summed E-state index contributed by atoms with van der Waals surface area (Å²) in [7, 11) is 3.56. The van der Waals surface area contributed by atoms with Crippen molar-refractivity contribution >= 4 is 34.6 Å². The van der Waals surface area contributed by atoms with Crippen LogP contribution in [0.3, 0.4) is 0 Å². The van der Waals surface area contributed by atoms with Gasteiger partial charge in [-0.2, -0.15) is 0 Å². The largest absolute Gasteiger partial charge is 0.511 e. The van der Waals surface area contributed by atoms with Gasteiger partial charge < -0.3 is 20.2 Å². The Morgan fingerprint density at radius 2 is 1.69 bits per heavy atom. The molecule has 0 aliphatic heterocycles. The Hall–Kier alpha value is -3.42. The molecule has 3 aliphatic rings. The smallest absolute Gasteiger partial charge is 0.173 e. The molecule has 0 saturated heterocycles. The first-order valence-electron chi connectivity index (χ1n) is 10.5. The van der Waals surface area contributed by atoms with Crippen molar-refractivity contribution in [2.24, 2.45) is 17.8 Å². The van der Waals surface area contributed by atoms with Gasteiger partial charge in [-0.1, -0.05) is 0 Å². The SMILES string of the molecule is CC(=O)C1=C(O)C2C(=O)C3=C(O)c4c(O)c(C(C)=O)cc(N(C)C)c4CC3CC2CC1=O. The van der Waals surface area contributed by atoms with Gasteiger partial charge in [0.25, 0.3) is 0 Å². The molecule has 1 aromatic rings. The maximum Gasteiger partial charge on any atom is 0.173 e. The van der Waals surface area contributed by atoms with Crippen LogP contribution in [0.2, 0.25) is 0 Å². The summed E-state index contributed by atoms with van der Waals surface area (Å²) in [6, 6.07) is 1.57. The molecule has 0 heterocycles. The number of benzene rings is 1. The number of carbonyl (C=O) groups excluding carboxylic acids is 4. The zero-order chi connectivity index (χ0) is 23.6. The van der Waals surface area contributed by atoms with Gasteiger partial charge in [0.2, 0.25) is 0 Å². The highest BCUT2D eigenvalue weighted by molar-refractivity contribution is 6.22. The minimum atomic E-state index is -1.09. The molecule has 0 spiro atoms. The first-order valence-corrected chi connectivity index (χ1v) is 10.5. The summed E-state index contributed by atoms with van der Waals surface area (Å²) in [6.07, 6.45) is 0.654. The molecule has 4 rings (SSSR count).